The maximum atomic E-state index is 14.2. The number of methoxy groups -OCH3 is 1. The molecule has 0 aliphatic carbocycles. The number of rotatable bonds is 4. The van der Waals surface area contributed by atoms with Gasteiger partial charge in [-0.2, -0.15) is 4.39 Å². The minimum absolute atomic E-state index is 0.292. The quantitative estimate of drug-likeness (QED) is 0.882. The first-order chi connectivity index (χ1) is 10.4. The molecule has 0 aliphatic rings. The third kappa shape index (κ3) is 2.69. The van der Waals surface area contributed by atoms with Gasteiger partial charge < -0.3 is 20.0 Å². The van der Waals surface area contributed by atoms with E-state index < -0.39 is 40.4 Å². The minimum Gasteiger partial charge on any atom is -0.545 e. The fourth-order valence-electron chi connectivity index (χ4n) is 1.91. The van der Waals surface area contributed by atoms with E-state index in [2.05, 4.69) is 10.1 Å². The molecular weight excluding hydrogens is 299 g/mol. The van der Waals surface area contributed by atoms with Gasteiger partial charge in [0.15, 0.2) is 17.4 Å². The zero-order valence-electron chi connectivity index (χ0n) is 11.7. The van der Waals surface area contributed by atoms with E-state index >= 15 is 0 Å². The number of halogens is 3. The summed E-state index contributed by atoms with van der Waals surface area (Å²) in [5, 5.41) is 13.4. The van der Waals surface area contributed by atoms with Crippen molar-refractivity contribution in [3.8, 4) is 5.75 Å². The predicted molar refractivity (Wildman–Crippen MR) is 71.7 cm³/mol. The molecule has 0 aromatic heterocycles. The van der Waals surface area contributed by atoms with Crippen LogP contribution in [-0.4, -0.2) is 13.1 Å². The number of carboxylic acid groups (broad SMARTS) is 1. The molecule has 1 N–H and O–H groups in total. The summed E-state index contributed by atoms with van der Waals surface area (Å²) < 4.78 is 46.1. The maximum Gasteiger partial charge on any atom is 0.204 e. The first-order valence-corrected chi connectivity index (χ1v) is 6.16. The van der Waals surface area contributed by atoms with Crippen molar-refractivity contribution in [3.63, 3.8) is 0 Å². The Hall–Kier alpha value is -2.70. The van der Waals surface area contributed by atoms with Crippen molar-refractivity contribution in [1.82, 2.24) is 0 Å². The van der Waals surface area contributed by atoms with Gasteiger partial charge in [-0.3, -0.25) is 0 Å². The van der Waals surface area contributed by atoms with Crippen molar-refractivity contribution in [2.24, 2.45) is 0 Å². The summed E-state index contributed by atoms with van der Waals surface area (Å²) in [7, 11) is 0.940. The van der Waals surface area contributed by atoms with Gasteiger partial charge in [-0.05, 0) is 19.1 Å². The highest BCUT2D eigenvalue weighted by atomic mass is 19.2. The normalized spacial score (nSPS) is 10.4. The van der Waals surface area contributed by atoms with Crippen LogP contribution >= 0.6 is 0 Å². The molecule has 4 nitrogen and oxygen atoms in total. The SMILES string of the molecule is COc1c(F)c(F)c(C(=O)[O-])c(Nc2ccc(C)cc2)c1F. The van der Waals surface area contributed by atoms with E-state index in [0.29, 0.717) is 5.69 Å². The first kappa shape index (κ1) is 15.7. The number of nitrogens with one attached hydrogen (secondary N) is 1. The van der Waals surface area contributed by atoms with Gasteiger partial charge in [0.1, 0.15) is 0 Å². The molecule has 0 aliphatic heterocycles. The molecule has 2 aromatic carbocycles. The van der Waals surface area contributed by atoms with Gasteiger partial charge in [-0.1, -0.05) is 17.7 Å². The Morgan fingerprint density at radius 2 is 1.68 bits per heavy atom. The minimum atomic E-state index is -2.05. The van der Waals surface area contributed by atoms with Crippen molar-refractivity contribution >= 4 is 17.3 Å². The third-order valence-corrected chi connectivity index (χ3v) is 3.01. The largest absolute Gasteiger partial charge is 0.545 e. The van der Waals surface area contributed by atoms with Crippen LogP contribution in [0.15, 0.2) is 24.3 Å². The summed E-state index contributed by atoms with van der Waals surface area (Å²) in [5.74, 6) is -7.91. The molecule has 0 unspecified atom stereocenters. The van der Waals surface area contributed by atoms with E-state index in [9.17, 15) is 23.1 Å². The Morgan fingerprint density at radius 3 is 2.18 bits per heavy atom. The molecule has 0 atom stereocenters. The topological polar surface area (TPSA) is 61.4 Å². The molecule has 7 heteroatoms. The Labute approximate surface area is 124 Å². The monoisotopic (exact) mass is 310 g/mol. The van der Waals surface area contributed by atoms with Crippen molar-refractivity contribution in [3.05, 3.63) is 52.8 Å². The number of carbonyl (C=O) groups excluding carboxylic acids is 1. The second kappa shape index (κ2) is 5.97. The van der Waals surface area contributed by atoms with E-state index in [0.717, 1.165) is 12.7 Å². The average Bonchev–Trinajstić information content (AvgIpc) is 2.47. The van der Waals surface area contributed by atoms with Crippen molar-refractivity contribution in [2.45, 2.75) is 6.92 Å². The number of hydrogen-bond donors (Lipinski definition) is 1. The number of aromatic carboxylic acids is 1. The first-order valence-electron chi connectivity index (χ1n) is 6.16. The maximum absolute atomic E-state index is 14.2. The van der Waals surface area contributed by atoms with E-state index in [1.54, 1.807) is 12.1 Å². The summed E-state index contributed by atoms with van der Waals surface area (Å²) >= 11 is 0. The van der Waals surface area contributed by atoms with Crippen LogP contribution in [0, 0.1) is 24.4 Å². The standard InChI is InChI=1S/C15H12F3NO3/c1-7-3-5-8(6-4-7)19-13-9(15(20)21)10(16)11(17)14(22-2)12(13)18/h3-6,19H,1-2H3,(H,20,21)/p-1. The number of hydrogen-bond acceptors (Lipinski definition) is 4. The zero-order chi connectivity index (χ0) is 16.4. The Balaban J connectivity index is 2.64. The van der Waals surface area contributed by atoms with Gasteiger partial charge in [-0.25, -0.2) is 8.78 Å². The number of anilines is 2. The van der Waals surface area contributed by atoms with Crippen molar-refractivity contribution < 1.29 is 27.8 Å². The highest BCUT2D eigenvalue weighted by molar-refractivity contribution is 5.95. The second-order valence-corrected chi connectivity index (χ2v) is 4.50. The van der Waals surface area contributed by atoms with E-state index in [1.807, 2.05) is 6.92 Å². The number of carbonyl (C=O) groups is 1. The van der Waals surface area contributed by atoms with Gasteiger partial charge >= 0.3 is 0 Å². The Morgan fingerprint density at radius 1 is 1.09 bits per heavy atom. The van der Waals surface area contributed by atoms with Gasteiger partial charge in [0.05, 0.1) is 24.3 Å². The van der Waals surface area contributed by atoms with Crippen LogP contribution in [0.3, 0.4) is 0 Å². The molecule has 0 heterocycles. The number of carboxylic acids is 1. The molecule has 0 fully saturated rings. The summed E-state index contributed by atoms with van der Waals surface area (Å²) in [6, 6.07) is 6.41. The molecule has 2 rings (SSSR count). The molecular formula is C15H11F3NO3-. The number of ether oxygens (including phenoxy) is 1. The molecule has 0 amide bonds. The van der Waals surface area contributed by atoms with Gasteiger partial charge in [0.25, 0.3) is 0 Å². The van der Waals surface area contributed by atoms with Crippen molar-refractivity contribution in [1.29, 1.82) is 0 Å². The lowest BCUT2D eigenvalue weighted by molar-refractivity contribution is -0.255. The molecule has 116 valence electrons. The van der Waals surface area contributed by atoms with Crippen LogP contribution in [0.1, 0.15) is 15.9 Å². The third-order valence-electron chi connectivity index (χ3n) is 3.01. The van der Waals surface area contributed by atoms with Crippen LogP contribution < -0.4 is 15.2 Å². The fraction of sp³-hybridized carbons (Fsp3) is 0.133. The molecule has 2 aromatic rings. The second-order valence-electron chi connectivity index (χ2n) is 4.50. The average molecular weight is 310 g/mol. The van der Waals surface area contributed by atoms with Crippen LogP contribution in [-0.2, 0) is 0 Å². The summed E-state index contributed by atoms with van der Waals surface area (Å²) in [6.45, 7) is 1.82. The number of aryl methyl sites for hydroxylation is 1. The van der Waals surface area contributed by atoms with E-state index in [4.69, 9.17) is 0 Å². The summed E-state index contributed by atoms with van der Waals surface area (Å²) in [6.07, 6.45) is 0. The molecule has 0 radical (unpaired) electrons. The molecule has 0 bridgehead atoms. The van der Waals surface area contributed by atoms with Gasteiger partial charge in [-0.15, -0.1) is 0 Å². The smallest absolute Gasteiger partial charge is 0.204 e. The molecule has 22 heavy (non-hydrogen) atoms. The highest BCUT2D eigenvalue weighted by Crippen LogP contribution is 2.35. The number of benzene rings is 2. The predicted octanol–water partition coefficient (Wildman–Crippen LogP) is 2.53. The van der Waals surface area contributed by atoms with E-state index in [-0.39, 0.29) is 0 Å². The fourth-order valence-corrected chi connectivity index (χ4v) is 1.91. The molecule has 0 spiro atoms. The zero-order valence-corrected chi connectivity index (χ0v) is 11.7. The summed E-state index contributed by atoms with van der Waals surface area (Å²) in [5.41, 5.74) is -0.801. The van der Waals surface area contributed by atoms with Crippen molar-refractivity contribution in [2.75, 3.05) is 12.4 Å². The molecule has 0 saturated carbocycles. The van der Waals surface area contributed by atoms with Gasteiger partial charge in [0.2, 0.25) is 5.82 Å². The lowest BCUT2D eigenvalue weighted by Gasteiger charge is -2.17. The van der Waals surface area contributed by atoms with Crippen LogP contribution in [0.5, 0.6) is 5.75 Å². The van der Waals surface area contributed by atoms with Crippen LogP contribution in [0.25, 0.3) is 0 Å². The summed E-state index contributed by atoms with van der Waals surface area (Å²) in [4.78, 5) is 11.0. The molecule has 0 saturated heterocycles. The van der Waals surface area contributed by atoms with Gasteiger partial charge in [0, 0.05) is 5.69 Å². The van der Waals surface area contributed by atoms with Crippen LogP contribution in [0.4, 0.5) is 24.5 Å². The lowest BCUT2D eigenvalue weighted by atomic mass is 10.1. The Bertz CT molecular complexity index is 730. The highest BCUT2D eigenvalue weighted by Gasteiger charge is 2.26. The van der Waals surface area contributed by atoms with Crippen LogP contribution in [0.2, 0.25) is 0 Å². The van der Waals surface area contributed by atoms with E-state index in [1.165, 1.54) is 12.1 Å². The lowest BCUT2D eigenvalue weighted by Crippen LogP contribution is -2.26. The Kier molecular flexibility index (Phi) is 4.25.